The number of hydrogen-bond donors (Lipinski definition) is 1. The Morgan fingerprint density at radius 1 is 1.37 bits per heavy atom. The molecule has 0 aliphatic carbocycles. The molecule has 1 N–H and O–H groups in total. The maximum absolute atomic E-state index is 12.2. The van der Waals surface area contributed by atoms with Crippen LogP contribution in [0.25, 0.3) is 0 Å². The third kappa shape index (κ3) is 2.52. The van der Waals surface area contributed by atoms with Crippen molar-refractivity contribution in [1.82, 2.24) is 10.3 Å². The van der Waals surface area contributed by atoms with E-state index in [-0.39, 0.29) is 5.91 Å². The van der Waals surface area contributed by atoms with Gasteiger partial charge in [-0.15, -0.1) is 11.3 Å². The molecule has 4 nitrogen and oxygen atoms in total. The Morgan fingerprint density at radius 3 is 3.00 bits per heavy atom. The number of carbonyl (C=O) groups is 1. The van der Waals surface area contributed by atoms with Gasteiger partial charge in [-0.25, -0.2) is 4.98 Å². The molecule has 0 saturated carbocycles. The van der Waals surface area contributed by atoms with Crippen LogP contribution in [0.15, 0.2) is 29.6 Å². The minimum Gasteiger partial charge on any atom is -0.304 e. The van der Waals surface area contributed by atoms with Crippen LogP contribution in [0.3, 0.4) is 0 Å². The lowest BCUT2D eigenvalue weighted by Gasteiger charge is -2.21. The Kier molecular flexibility index (Phi) is 3.31. The molecule has 1 aromatic heterocycles. The molecule has 3 rings (SSSR count). The number of fused-ring (bicyclic) bond motifs is 1. The van der Waals surface area contributed by atoms with Crippen LogP contribution in [0.5, 0.6) is 0 Å². The van der Waals surface area contributed by atoms with Crippen LogP contribution in [0.2, 0.25) is 0 Å². The molecule has 19 heavy (non-hydrogen) atoms. The van der Waals surface area contributed by atoms with Crippen molar-refractivity contribution in [2.45, 2.75) is 20.0 Å². The van der Waals surface area contributed by atoms with E-state index < -0.39 is 0 Å². The Balaban J connectivity index is 1.95. The van der Waals surface area contributed by atoms with Crippen LogP contribution in [0.1, 0.15) is 16.3 Å². The van der Waals surface area contributed by atoms with Crippen LogP contribution in [0, 0.1) is 6.92 Å². The van der Waals surface area contributed by atoms with E-state index in [1.54, 1.807) is 11.3 Å². The third-order valence-electron chi connectivity index (χ3n) is 3.14. The Morgan fingerprint density at radius 2 is 2.21 bits per heavy atom. The van der Waals surface area contributed by atoms with E-state index in [9.17, 15) is 4.79 Å². The first-order valence-corrected chi connectivity index (χ1v) is 7.12. The zero-order valence-electron chi connectivity index (χ0n) is 10.7. The average Bonchev–Trinajstić information content (AvgIpc) is 2.75. The number of benzene rings is 1. The molecule has 0 fully saturated rings. The zero-order valence-corrected chi connectivity index (χ0v) is 11.5. The van der Waals surface area contributed by atoms with E-state index >= 15 is 0 Å². The van der Waals surface area contributed by atoms with Crippen molar-refractivity contribution >= 4 is 22.9 Å². The summed E-state index contributed by atoms with van der Waals surface area (Å²) in [5.74, 6) is 0.0952. The zero-order chi connectivity index (χ0) is 13.2. The van der Waals surface area contributed by atoms with Crippen LogP contribution >= 0.6 is 11.3 Å². The van der Waals surface area contributed by atoms with E-state index in [4.69, 9.17) is 0 Å². The molecule has 0 radical (unpaired) electrons. The van der Waals surface area contributed by atoms with Crippen molar-refractivity contribution < 1.29 is 4.79 Å². The molecule has 0 atom stereocenters. The molecule has 0 spiro atoms. The number of anilines is 1. The number of nitrogens with zero attached hydrogens (tertiary/aromatic N) is 2. The number of thiazole rings is 1. The summed E-state index contributed by atoms with van der Waals surface area (Å²) in [6.45, 7) is 3.63. The number of hydrogen-bond acceptors (Lipinski definition) is 4. The molecule has 0 saturated heterocycles. The van der Waals surface area contributed by atoms with Gasteiger partial charge < -0.3 is 10.2 Å². The van der Waals surface area contributed by atoms with Crippen molar-refractivity contribution in [3.8, 4) is 0 Å². The normalized spacial score (nSPS) is 15.2. The summed E-state index contributed by atoms with van der Waals surface area (Å²) in [7, 11) is 0. The smallest absolute Gasteiger partial charge is 0.241 e. The van der Waals surface area contributed by atoms with Gasteiger partial charge in [-0.3, -0.25) is 4.79 Å². The molecule has 2 aromatic rings. The Hall–Kier alpha value is -1.72. The van der Waals surface area contributed by atoms with Gasteiger partial charge in [0.15, 0.2) is 0 Å². The van der Waals surface area contributed by atoms with Gasteiger partial charge in [0, 0.05) is 23.3 Å². The van der Waals surface area contributed by atoms with Crippen molar-refractivity contribution in [2.75, 3.05) is 11.4 Å². The van der Waals surface area contributed by atoms with Gasteiger partial charge in [0.05, 0.1) is 13.1 Å². The second-order valence-corrected chi connectivity index (χ2v) is 5.54. The van der Waals surface area contributed by atoms with Crippen LogP contribution in [0.4, 0.5) is 5.69 Å². The summed E-state index contributed by atoms with van der Waals surface area (Å²) >= 11 is 1.60. The SMILES string of the molecule is Cc1csc(CN2C(=O)CNCc3ccccc32)n1. The predicted octanol–water partition coefficient (Wildman–Crippen LogP) is 2.09. The van der Waals surface area contributed by atoms with Gasteiger partial charge in [-0.1, -0.05) is 18.2 Å². The lowest BCUT2D eigenvalue weighted by atomic mass is 10.1. The number of amides is 1. The molecule has 1 aliphatic rings. The second-order valence-electron chi connectivity index (χ2n) is 4.59. The maximum Gasteiger partial charge on any atom is 0.241 e. The van der Waals surface area contributed by atoms with Gasteiger partial charge in [0.1, 0.15) is 5.01 Å². The van der Waals surface area contributed by atoms with Crippen LogP contribution in [-0.4, -0.2) is 17.4 Å². The summed E-state index contributed by atoms with van der Waals surface area (Å²) in [6, 6.07) is 8.03. The van der Waals surface area contributed by atoms with E-state index in [0.29, 0.717) is 13.1 Å². The minimum atomic E-state index is 0.0952. The van der Waals surface area contributed by atoms with Gasteiger partial charge in [0.2, 0.25) is 5.91 Å². The van der Waals surface area contributed by atoms with E-state index in [0.717, 1.165) is 28.5 Å². The molecular weight excluding hydrogens is 258 g/mol. The third-order valence-corrected chi connectivity index (χ3v) is 4.09. The highest BCUT2D eigenvalue weighted by atomic mass is 32.1. The van der Waals surface area contributed by atoms with E-state index in [1.807, 2.05) is 35.4 Å². The van der Waals surface area contributed by atoms with Crippen molar-refractivity contribution in [3.05, 3.63) is 45.9 Å². The van der Waals surface area contributed by atoms with Gasteiger partial charge in [0.25, 0.3) is 0 Å². The fraction of sp³-hybridized carbons (Fsp3) is 0.286. The molecule has 2 heterocycles. The first-order valence-electron chi connectivity index (χ1n) is 6.24. The monoisotopic (exact) mass is 273 g/mol. The van der Waals surface area contributed by atoms with Crippen LogP contribution < -0.4 is 10.2 Å². The molecular formula is C14H15N3OS. The van der Waals surface area contributed by atoms with Crippen molar-refractivity contribution in [3.63, 3.8) is 0 Å². The molecule has 1 aliphatic heterocycles. The average molecular weight is 273 g/mol. The molecule has 0 unspecified atom stereocenters. The number of aromatic nitrogens is 1. The topological polar surface area (TPSA) is 45.2 Å². The highest BCUT2D eigenvalue weighted by Gasteiger charge is 2.22. The largest absolute Gasteiger partial charge is 0.304 e. The summed E-state index contributed by atoms with van der Waals surface area (Å²) in [6.07, 6.45) is 0. The lowest BCUT2D eigenvalue weighted by Crippen LogP contribution is -2.35. The van der Waals surface area contributed by atoms with Crippen molar-refractivity contribution in [2.24, 2.45) is 0 Å². The maximum atomic E-state index is 12.2. The minimum absolute atomic E-state index is 0.0952. The van der Waals surface area contributed by atoms with Gasteiger partial charge >= 0.3 is 0 Å². The fourth-order valence-electron chi connectivity index (χ4n) is 2.24. The van der Waals surface area contributed by atoms with Gasteiger partial charge in [-0.05, 0) is 18.6 Å². The van der Waals surface area contributed by atoms with Gasteiger partial charge in [-0.2, -0.15) is 0 Å². The first kappa shape index (κ1) is 12.3. The van der Waals surface area contributed by atoms with E-state index in [2.05, 4.69) is 16.4 Å². The van der Waals surface area contributed by atoms with E-state index in [1.165, 1.54) is 0 Å². The molecule has 0 bridgehead atoms. The second kappa shape index (κ2) is 5.11. The molecule has 98 valence electrons. The highest BCUT2D eigenvalue weighted by molar-refractivity contribution is 7.09. The van der Waals surface area contributed by atoms with Crippen LogP contribution in [-0.2, 0) is 17.9 Å². The molecule has 1 aromatic carbocycles. The fourth-order valence-corrected chi connectivity index (χ4v) is 3.00. The number of para-hydroxylation sites is 1. The molecule has 1 amide bonds. The summed E-state index contributed by atoms with van der Waals surface area (Å²) in [5, 5.41) is 6.16. The number of aryl methyl sites for hydroxylation is 1. The standard InChI is InChI=1S/C14H15N3OS/c1-10-9-19-13(16-10)8-17-12-5-3-2-4-11(12)6-15-7-14(17)18/h2-5,9,15H,6-8H2,1H3. The Bertz CT molecular complexity index is 608. The molecule has 5 heteroatoms. The summed E-state index contributed by atoms with van der Waals surface area (Å²) in [4.78, 5) is 18.5. The quantitative estimate of drug-likeness (QED) is 0.911. The Labute approximate surface area is 116 Å². The first-order chi connectivity index (χ1) is 9.24. The highest BCUT2D eigenvalue weighted by Crippen LogP contribution is 2.25. The number of rotatable bonds is 2. The van der Waals surface area contributed by atoms with Crippen molar-refractivity contribution in [1.29, 1.82) is 0 Å². The number of carbonyl (C=O) groups excluding carboxylic acids is 1. The lowest BCUT2D eigenvalue weighted by molar-refractivity contribution is -0.117. The summed E-state index contributed by atoms with van der Waals surface area (Å²) < 4.78 is 0. The summed E-state index contributed by atoms with van der Waals surface area (Å²) in [5.41, 5.74) is 3.15. The number of nitrogens with one attached hydrogen (secondary N) is 1. The predicted molar refractivity (Wildman–Crippen MR) is 76.2 cm³/mol.